The van der Waals surface area contributed by atoms with Gasteiger partial charge >= 0.3 is 5.97 Å². The third kappa shape index (κ3) is 8.27. The molecule has 0 saturated heterocycles. The van der Waals surface area contributed by atoms with Gasteiger partial charge in [0.25, 0.3) is 0 Å². The average Bonchev–Trinajstić information content (AvgIpc) is 2.53. The number of nitrogen functional groups attached to an aromatic ring is 1. The molecule has 0 aliphatic heterocycles. The number of nitrogens with zero attached hydrogens (tertiary/aromatic N) is 2. The van der Waals surface area contributed by atoms with Crippen molar-refractivity contribution in [2.75, 3.05) is 12.8 Å². The fraction of sp³-hybridized carbons (Fsp3) is 0.167. The Kier molecular flexibility index (Phi) is 6.16. The van der Waals surface area contributed by atoms with E-state index in [0.717, 1.165) is 5.00 Å². The lowest BCUT2D eigenvalue weighted by Crippen LogP contribution is -1.94. The van der Waals surface area contributed by atoms with E-state index >= 15 is 0 Å². The SMILES string of the molecule is CON=CC(=O)O.Nc1cncs1. The molecular weight excluding hydrogens is 194 g/mol. The Morgan fingerprint density at radius 2 is 2.62 bits per heavy atom. The zero-order chi connectivity index (χ0) is 10.1. The van der Waals surface area contributed by atoms with Crippen LogP contribution in [0.25, 0.3) is 0 Å². The summed E-state index contributed by atoms with van der Waals surface area (Å²) in [6, 6.07) is 0. The van der Waals surface area contributed by atoms with E-state index in [2.05, 4.69) is 15.0 Å². The van der Waals surface area contributed by atoms with Crippen LogP contribution in [-0.4, -0.2) is 29.4 Å². The Bertz CT molecular complexity index is 260. The van der Waals surface area contributed by atoms with Crippen LogP contribution in [0.3, 0.4) is 0 Å². The summed E-state index contributed by atoms with van der Waals surface area (Å²) in [6.07, 6.45) is 2.30. The highest BCUT2D eigenvalue weighted by Crippen LogP contribution is 2.04. The van der Waals surface area contributed by atoms with Crippen molar-refractivity contribution in [2.24, 2.45) is 5.16 Å². The highest BCUT2D eigenvalue weighted by Gasteiger charge is 1.82. The first-order valence-corrected chi connectivity index (χ1v) is 3.98. The van der Waals surface area contributed by atoms with Crippen LogP contribution in [0, 0.1) is 0 Å². The Hall–Kier alpha value is -1.63. The second-order valence-corrected chi connectivity index (χ2v) is 2.58. The number of hydrogen-bond acceptors (Lipinski definition) is 6. The molecule has 0 radical (unpaired) electrons. The number of rotatable bonds is 2. The number of aliphatic carboxylic acids is 1. The van der Waals surface area contributed by atoms with E-state index in [-0.39, 0.29) is 0 Å². The molecule has 0 unspecified atom stereocenters. The van der Waals surface area contributed by atoms with E-state index < -0.39 is 5.97 Å². The fourth-order valence-corrected chi connectivity index (χ4v) is 0.689. The van der Waals surface area contributed by atoms with Gasteiger partial charge in [0, 0.05) is 0 Å². The summed E-state index contributed by atoms with van der Waals surface area (Å²) in [6.45, 7) is 0. The molecule has 0 fully saturated rings. The number of hydrogen-bond donors (Lipinski definition) is 2. The highest BCUT2D eigenvalue weighted by molar-refractivity contribution is 7.13. The second kappa shape index (κ2) is 7.04. The molecule has 0 atom stereocenters. The Labute approximate surface area is 78.7 Å². The summed E-state index contributed by atoms with van der Waals surface area (Å²) in [5.74, 6) is -1.11. The van der Waals surface area contributed by atoms with Crippen molar-refractivity contribution in [3.05, 3.63) is 11.7 Å². The first-order chi connectivity index (χ1) is 6.16. The molecule has 1 heterocycles. The van der Waals surface area contributed by atoms with E-state index in [1.54, 1.807) is 11.7 Å². The molecule has 1 rings (SSSR count). The normalized spacial score (nSPS) is 9.00. The van der Waals surface area contributed by atoms with E-state index in [1.807, 2.05) is 0 Å². The van der Waals surface area contributed by atoms with Crippen molar-refractivity contribution in [2.45, 2.75) is 0 Å². The predicted octanol–water partition coefficient (Wildman–Crippen LogP) is 0.429. The van der Waals surface area contributed by atoms with Gasteiger partial charge in [-0.1, -0.05) is 5.16 Å². The van der Waals surface area contributed by atoms with Gasteiger partial charge in [-0.2, -0.15) is 0 Å². The van der Waals surface area contributed by atoms with Crippen LogP contribution in [0.4, 0.5) is 5.00 Å². The highest BCUT2D eigenvalue weighted by atomic mass is 32.1. The lowest BCUT2D eigenvalue weighted by atomic mass is 10.8. The van der Waals surface area contributed by atoms with Gasteiger partial charge in [-0.05, 0) is 0 Å². The maximum Gasteiger partial charge on any atom is 0.350 e. The smallest absolute Gasteiger partial charge is 0.350 e. The van der Waals surface area contributed by atoms with E-state index in [1.165, 1.54) is 18.4 Å². The molecule has 6 nitrogen and oxygen atoms in total. The molecule has 7 heteroatoms. The number of carboxylic acids is 1. The molecule has 1 aromatic heterocycles. The number of carbonyl (C=O) groups is 1. The monoisotopic (exact) mass is 203 g/mol. The van der Waals surface area contributed by atoms with Crippen LogP contribution in [-0.2, 0) is 9.63 Å². The standard InChI is InChI=1S/C3H4N2S.C3H5NO3/c4-3-1-5-2-6-3;1-7-4-2-3(5)6/h1-2H,4H2;2H,1H3,(H,5,6). The third-order valence-electron chi connectivity index (χ3n) is 0.720. The molecule has 1 aromatic rings. The second-order valence-electron chi connectivity index (χ2n) is 1.66. The van der Waals surface area contributed by atoms with E-state index in [0.29, 0.717) is 6.21 Å². The van der Waals surface area contributed by atoms with Gasteiger partial charge in [0.1, 0.15) is 12.1 Å². The Morgan fingerprint density at radius 1 is 1.92 bits per heavy atom. The summed E-state index contributed by atoms with van der Waals surface area (Å²) in [5.41, 5.74) is 6.94. The first-order valence-electron chi connectivity index (χ1n) is 3.10. The van der Waals surface area contributed by atoms with Crippen LogP contribution in [0.15, 0.2) is 16.9 Å². The summed E-state index contributed by atoms with van der Waals surface area (Å²) in [4.78, 5) is 17.3. The summed E-state index contributed by atoms with van der Waals surface area (Å²) in [7, 11) is 1.28. The lowest BCUT2D eigenvalue weighted by Gasteiger charge is -1.78. The minimum Gasteiger partial charge on any atom is -0.477 e. The van der Waals surface area contributed by atoms with Gasteiger partial charge in [-0.3, -0.25) is 4.98 Å². The number of anilines is 1. The maximum atomic E-state index is 9.53. The Balaban J connectivity index is 0.000000223. The van der Waals surface area contributed by atoms with Crippen molar-refractivity contribution in [1.29, 1.82) is 0 Å². The van der Waals surface area contributed by atoms with Crippen LogP contribution in [0.1, 0.15) is 0 Å². The third-order valence-corrected chi connectivity index (χ3v) is 1.32. The number of aromatic nitrogens is 1. The summed E-state index contributed by atoms with van der Waals surface area (Å²) < 4.78 is 0. The molecular formula is C6H9N3O3S. The van der Waals surface area contributed by atoms with Crippen LogP contribution in [0.5, 0.6) is 0 Å². The molecule has 0 spiro atoms. The van der Waals surface area contributed by atoms with Crippen molar-refractivity contribution < 1.29 is 14.7 Å². The topological polar surface area (TPSA) is 97.8 Å². The zero-order valence-electron chi connectivity index (χ0n) is 6.88. The number of carboxylic acid groups (broad SMARTS) is 1. The predicted molar refractivity (Wildman–Crippen MR) is 49.7 cm³/mol. The fourth-order valence-electron chi connectivity index (χ4n) is 0.323. The van der Waals surface area contributed by atoms with Crippen LogP contribution >= 0.6 is 11.3 Å². The van der Waals surface area contributed by atoms with Crippen molar-refractivity contribution in [1.82, 2.24) is 4.98 Å². The van der Waals surface area contributed by atoms with E-state index in [9.17, 15) is 4.79 Å². The van der Waals surface area contributed by atoms with Gasteiger partial charge in [0.05, 0.1) is 11.7 Å². The van der Waals surface area contributed by atoms with Gasteiger partial charge in [0.2, 0.25) is 0 Å². The quantitative estimate of drug-likeness (QED) is 0.536. The maximum absolute atomic E-state index is 9.53. The van der Waals surface area contributed by atoms with Crippen LogP contribution in [0.2, 0.25) is 0 Å². The van der Waals surface area contributed by atoms with E-state index in [4.69, 9.17) is 10.8 Å². The number of nitrogens with two attached hydrogens (primary N) is 1. The molecule has 0 bridgehead atoms. The van der Waals surface area contributed by atoms with Crippen LogP contribution < -0.4 is 5.73 Å². The largest absolute Gasteiger partial charge is 0.477 e. The number of thiazole rings is 1. The Morgan fingerprint density at radius 3 is 2.77 bits per heavy atom. The molecule has 0 amide bonds. The van der Waals surface area contributed by atoms with Crippen molar-refractivity contribution in [3.8, 4) is 0 Å². The van der Waals surface area contributed by atoms with Crippen molar-refractivity contribution >= 4 is 28.5 Å². The molecule has 0 saturated carbocycles. The zero-order valence-corrected chi connectivity index (χ0v) is 7.69. The summed E-state index contributed by atoms with van der Waals surface area (Å²) >= 11 is 1.44. The minimum atomic E-state index is -1.11. The van der Waals surface area contributed by atoms with Gasteiger partial charge in [-0.25, -0.2) is 4.79 Å². The molecule has 0 aliphatic carbocycles. The first kappa shape index (κ1) is 11.4. The van der Waals surface area contributed by atoms with Crippen molar-refractivity contribution in [3.63, 3.8) is 0 Å². The average molecular weight is 203 g/mol. The molecule has 72 valence electrons. The van der Waals surface area contributed by atoms with Gasteiger partial charge in [0.15, 0.2) is 6.21 Å². The summed E-state index contributed by atoms with van der Waals surface area (Å²) in [5, 5.41) is 11.5. The van der Waals surface area contributed by atoms with Gasteiger partial charge < -0.3 is 15.7 Å². The number of oxime groups is 1. The minimum absolute atomic E-state index is 0.667. The van der Waals surface area contributed by atoms with Gasteiger partial charge in [-0.15, -0.1) is 11.3 Å². The molecule has 0 aromatic carbocycles. The molecule has 13 heavy (non-hydrogen) atoms. The lowest BCUT2D eigenvalue weighted by molar-refractivity contribution is -0.129. The molecule has 0 aliphatic rings. The molecule has 3 N–H and O–H groups in total.